The lowest BCUT2D eigenvalue weighted by molar-refractivity contribution is 0.112. The zero-order valence-electron chi connectivity index (χ0n) is 6.27. The van der Waals surface area contributed by atoms with Crippen LogP contribution in [0.3, 0.4) is 0 Å². The Labute approximate surface area is 69.8 Å². The van der Waals surface area contributed by atoms with E-state index in [9.17, 15) is 4.79 Å². The molecule has 1 aromatic rings. The molecular weight excluding hydrogens is 157 g/mol. The van der Waals surface area contributed by atoms with Crippen LogP contribution in [-0.4, -0.2) is 23.5 Å². The molecule has 0 bridgehead atoms. The first-order valence-electron chi connectivity index (χ1n) is 3.36. The van der Waals surface area contributed by atoms with Crippen molar-refractivity contribution in [2.24, 2.45) is 0 Å². The highest BCUT2D eigenvalue weighted by Gasteiger charge is 2.15. The van der Waals surface area contributed by atoms with Gasteiger partial charge in [0.15, 0.2) is 0 Å². The van der Waals surface area contributed by atoms with E-state index in [0.717, 1.165) is 0 Å². The largest absolute Gasteiger partial charge is 0.489 e. The van der Waals surface area contributed by atoms with E-state index in [0.29, 0.717) is 12.0 Å². The molecule has 4 N–H and O–H groups in total. The Bertz CT molecular complexity index is 301. The Morgan fingerprint density at radius 2 is 2.08 bits per heavy atom. The third-order valence-electron chi connectivity index (χ3n) is 1.52. The molecule has 0 aliphatic carbocycles. The van der Waals surface area contributed by atoms with E-state index < -0.39 is 7.12 Å². The highest BCUT2D eigenvalue weighted by Crippen LogP contribution is 2.01. The maximum Gasteiger partial charge on any atom is 0.489 e. The van der Waals surface area contributed by atoms with Gasteiger partial charge >= 0.3 is 7.12 Å². The zero-order valence-corrected chi connectivity index (χ0v) is 6.27. The summed E-state index contributed by atoms with van der Waals surface area (Å²) in [7, 11) is -1.66. The summed E-state index contributed by atoms with van der Waals surface area (Å²) < 4.78 is 0. The average Bonchev–Trinajstić information content (AvgIpc) is 2.04. The maximum atomic E-state index is 10.4. The molecule has 0 aromatic heterocycles. The summed E-state index contributed by atoms with van der Waals surface area (Å²) in [5.41, 5.74) is 6.14. The molecule has 0 atom stereocenters. The fourth-order valence-electron chi connectivity index (χ4n) is 0.924. The zero-order chi connectivity index (χ0) is 9.14. The van der Waals surface area contributed by atoms with Crippen molar-refractivity contribution < 1.29 is 14.8 Å². The molecule has 1 rings (SSSR count). The Morgan fingerprint density at radius 1 is 1.42 bits per heavy atom. The van der Waals surface area contributed by atoms with Gasteiger partial charge in [-0.2, -0.15) is 0 Å². The van der Waals surface area contributed by atoms with Gasteiger partial charge in [-0.1, -0.05) is 6.07 Å². The van der Waals surface area contributed by atoms with Crippen LogP contribution in [0.2, 0.25) is 0 Å². The second-order valence-corrected chi connectivity index (χ2v) is 2.38. The third-order valence-corrected chi connectivity index (χ3v) is 1.52. The molecule has 0 aliphatic rings. The fraction of sp³-hybridized carbons (Fsp3) is 0. The summed E-state index contributed by atoms with van der Waals surface area (Å²) in [5.74, 6) is 0. The molecule has 0 spiro atoms. The van der Waals surface area contributed by atoms with Crippen LogP contribution in [0.4, 0.5) is 5.69 Å². The Kier molecular flexibility index (Phi) is 2.47. The standard InChI is InChI=1S/C7H8BNO3/c9-6-2-1-5(4-10)7(3-6)8(11)12/h1-4,11-12H,9H2. The van der Waals surface area contributed by atoms with Crippen molar-refractivity contribution in [2.75, 3.05) is 5.73 Å². The minimum absolute atomic E-state index is 0.130. The molecule has 0 radical (unpaired) electrons. The Hall–Kier alpha value is -1.33. The number of hydrogen-bond acceptors (Lipinski definition) is 4. The van der Waals surface area contributed by atoms with Gasteiger partial charge < -0.3 is 15.8 Å². The molecule has 0 saturated heterocycles. The topological polar surface area (TPSA) is 83.6 Å². The minimum Gasteiger partial charge on any atom is -0.423 e. The van der Waals surface area contributed by atoms with Crippen molar-refractivity contribution >= 4 is 24.6 Å². The van der Waals surface area contributed by atoms with Crippen molar-refractivity contribution in [3.05, 3.63) is 23.8 Å². The molecule has 0 heterocycles. The van der Waals surface area contributed by atoms with Crippen LogP contribution in [0.5, 0.6) is 0 Å². The summed E-state index contributed by atoms with van der Waals surface area (Å²) in [4.78, 5) is 10.4. The van der Waals surface area contributed by atoms with Crippen LogP contribution in [0.15, 0.2) is 18.2 Å². The Balaban J connectivity index is 3.21. The lowest BCUT2D eigenvalue weighted by Crippen LogP contribution is -2.33. The van der Waals surface area contributed by atoms with Crippen molar-refractivity contribution in [3.8, 4) is 0 Å². The molecule has 5 heteroatoms. The molecule has 0 saturated carbocycles. The highest BCUT2D eigenvalue weighted by atomic mass is 16.4. The quantitative estimate of drug-likeness (QED) is 0.290. The summed E-state index contributed by atoms with van der Waals surface area (Å²) in [6.45, 7) is 0. The molecule has 0 aliphatic heterocycles. The van der Waals surface area contributed by atoms with Gasteiger partial charge in [-0.05, 0) is 17.6 Å². The minimum atomic E-state index is -1.66. The molecule has 4 nitrogen and oxygen atoms in total. The normalized spacial score (nSPS) is 9.50. The van der Waals surface area contributed by atoms with Crippen molar-refractivity contribution in [3.63, 3.8) is 0 Å². The third kappa shape index (κ3) is 1.64. The van der Waals surface area contributed by atoms with Gasteiger partial charge in [-0.15, -0.1) is 0 Å². The molecule has 0 fully saturated rings. The van der Waals surface area contributed by atoms with E-state index in [2.05, 4.69) is 0 Å². The number of rotatable bonds is 2. The summed E-state index contributed by atoms with van der Waals surface area (Å²) in [6.07, 6.45) is 0.550. The van der Waals surface area contributed by atoms with Crippen LogP contribution in [0.1, 0.15) is 10.4 Å². The SMILES string of the molecule is Nc1ccc(C=O)c(B(O)O)c1. The number of carbonyl (C=O) groups is 1. The predicted octanol–water partition coefficient (Wildman–Crippen LogP) is -1.24. The average molecular weight is 165 g/mol. The van der Waals surface area contributed by atoms with Crippen molar-refractivity contribution in [1.82, 2.24) is 0 Å². The lowest BCUT2D eigenvalue weighted by atomic mass is 9.77. The number of anilines is 1. The first-order chi connectivity index (χ1) is 5.65. The number of benzene rings is 1. The van der Waals surface area contributed by atoms with E-state index in [-0.39, 0.29) is 11.0 Å². The van der Waals surface area contributed by atoms with E-state index in [4.69, 9.17) is 15.8 Å². The lowest BCUT2D eigenvalue weighted by Gasteiger charge is -2.03. The van der Waals surface area contributed by atoms with E-state index >= 15 is 0 Å². The molecular formula is C7H8BNO3. The van der Waals surface area contributed by atoms with Crippen LogP contribution < -0.4 is 11.2 Å². The summed E-state index contributed by atoms with van der Waals surface area (Å²) in [6, 6.07) is 4.32. The van der Waals surface area contributed by atoms with Crippen LogP contribution in [-0.2, 0) is 0 Å². The second-order valence-electron chi connectivity index (χ2n) is 2.38. The van der Waals surface area contributed by atoms with Crippen LogP contribution >= 0.6 is 0 Å². The van der Waals surface area contributed by atoms with Gasteiger partial charge in [0, 0.05) is 11.3 Å². The first kappa shape index (κ1) is 8.77. The van der Waals surface area contributed by atoms with Crippen LogP contribution in [0.25, 0.3) is 0 Å². The van der Waals surface area contributed by atoms with E-state index in [1.807, 2.05) is 0 Å². The summed E-state index contributed by atoms with van der Waals surface area (Å²) >= 11 is 0. The number of aldehydes is 1. The molecule has 12 heavy (non-hydrogen) atoms. The second kappa shape index (κ2) is 3.38. The van der Waals surface area contributed by atoms with E-state index in [1.165, 1.54) is 18.2 Å². The molecule has 0 amide bonds. The fourth-order valence-corrected chi connectivity index (χ4v) is 0.924. The smallest absolute Gasteiger partial charge is 0.423 e. The van der Waals surface area contributed by atoms with Gasteiger partial charge in [0.05, 0.1) is 0 Å². The predicted molar refractivity (Wildman–Crippen MR) is 46.1 cm³/mol. The Morgan fingerprint density at radius 3 is 2.58 bits per heavy atom. The van der Waals surface area contributed by atoms with Gasteiger partial charge in [0.1, 0.15) is 6.29 Å². The highest BCUT2D eigenvalue weighted by molar-refractivity contribution is 6.60. The van der Waals surface area contributed by atoms with Crippen molar-refractivity contribution in [2.45, 2.75) is 0 Å². The molecule has 1 aromatic carbocycles. The number of hydrogen-bond donors (Lipinski definition) is 3. The van der Waals surface area contributed by atoms with Gasteiger partial charge in [0.25, 0.3) is 0 Å². The monoisotopic (exact) mass is 165 g/mol. The van der Waals surface area contributed by atoms with Gasteiger partial charge in [-0.25, -0.2) is 0 Å². The van der Waals surface area contributed by atoms with Gasteiger partial charge in [0.2, 0.25) is 0 Å². The first-order valence-corrected chi connectivity index (χ1v) is 3.36. The number of nitrogen functional groups attached to an aromatic ring is 1. The van der Waals surface area contributed by atoms with Crippen molar-refractivity contribution in [1.29, 1.82) is 0 Å². The number of carbonyl (C=O) groups excluding carboxylic acids is 1. The molecule has 62 valence electrons. The van der Waals surface area contributed by atoms with Crippen LogP contribution in [0, 0.1) is 0 Å². The maximum absolute atomic E-state index is 10.4. The summed E-state index contributed by atoms with van der Waals surface area (Å²) in [5, 5.41) is 17.6. The molecule has 0 unspecified atom stereocenters. The van der Waals surface area contributed by atoms with Gasteiger partial charge in [-0.3, -0.25) is 4.79 Å². The van der Waals surface area contributed by atoms with E-state index in [1.54, 1.807) is 0 Å². The number of nitrogens with two attached hydrogens (primary N) is 1.